The highest BCUT2D eigenvalue weighted by atomic mass is 32.1. The second kappa shape index (κ2) is 10.3. The van der Waals surface area contributed by atoms with Crippen molar-refractivity contribution in [2.45, 2.75) is 64.6 Å². The minimum absolute atomic E-state index is 0.0239. The minimum Gasteiger partial charge on any atom is -0.441 e. The molecule has 1 fully saturated rings. The number of allylic oxidation sites excluding steroid dienone is 3. The van der Waals surface area contributed by atoms with Gasteiger partial charge in [-0.05, 0) is 61.2 Å². The number of rotatable bonds is 4. The van der Waals surface area contributed by atoms with Crippen molar-refractivity contribution in [3.05, 3.63) is 67.1 Å². The molecule has 1 atom stereocenters. The van der Waals surface area contributed by atoms with Gasteiger partial charge < -0.3 is 14.6 Å². The first-order valence-corrected chi connectivity index (χ1v) is 14.9. The van der Waals surface area contributed by atoms with Gasteiger partial charge in [-0.1, -0.05) is 24.3 Å². The molecule has 5 heterocycles. The number of urea groups is 1. The lowest BCUT2D eigenvalue weighted by molar-refractivity contribution is 0.160. The zero-order chi connectivity index (χ0) is 26.3. The Labute approximate surface area is 231 Å². The summed E-state index contributed by atoms with van der Waals surface area (Å²) in [6.07, 6.45) is 16.8. The van der Waals surface area contributed by atoms with Crippen LogP contribution in [-0.4, -0.2) is 56.7 Å². The number of aromatic nitrogens is 3. The van der Waals surface area contributed by atoms with E-state index in [2.05, 4.69) is 55.1 Å². The summed E-state index contributed by atoms with van der Waals surface area (Å²) in [7, 11) is 0. The third-order valence-corrected chi connectivity index (χ3v) is 9.37. The van der Waals surface area contributed by atoms with Crippen molar-refractivity contribution in [3.8, 4) is 0 Å². The molecule has 8 nitrogen and oxygen atoms in total. The van der Waals surface area contributed by atoms with Gasteiger partial charge in [0, 0.05) is 60.7 Å². The summed E-state index contributed by atoms with van der Waals surface area (Å²) >= 11 is 1.90. The first-order chi connectivity index (χ1) is 19.1. The molecule has 0 bridgehead atoms. The van der Waals surface area contributed by atoms with Crippen LogP contribution < -0.4 is 16.1 Å². The molecule has 2 aliphatic carbocycles. The molecule has 0 saturated carbocycles. The number of fused-ring (bicyclic) bond motifs is 3. The van der Waals surface area contributed by atoms with Crippen molar-refractivity contribution < 1.29 is 9.21 Å². The van der Waals surface area contributed by atoms with E-state index in [1.165, 1.54) is 22.4 Å². The van der Waals surface area contributed by atoms with Crippen LogP contribution in [0.4, 0.5) is 4.79 Å². The number of hydrogen-bond donors (Lipinski definition) is 2. The fourth-order valence-corrected chi connectivity index (χ4v) is 7.33. The van der Waals surface area contributed by atoms with Crippen LogP contribution in [-0.2, 0) is 25.9 Å². The van der Waals surface area contributed by atoms with Crippen LogP contribution in [0.1, 0.15) is 64.5 Å². The molecular formula is C30H34N6O2S. The first kappa shape index (κ1) is 24.6. The molecule has 3 aromatic rings. The third kappa shape index (κ3) is 4.89. The molecule has 0 radical (unpaired) electrons. The zero-order valence-electron chi connectivity index (χ0n) is 22.3. The van der Waals surface area contributed by atoms with Crippen LogP contribution >= 0.6 is 11.3 Å². The maximum Gasteiger partial charge on any atom is 0.317 e. The van der Waals surface area contributed by atoms with Crippen molar-refractivity contribution in [1.82, 2.24) is 30.3 Å². The van der Waals surface area contributed by atoms with Gasteiger partial charge in [0.2, 0.25) is 0 Å². The number of likely N-dealkylation sites (tertiary alicyclic amines) is 1. The molecule has 202 valence electrons. The van der Waals surface area contributed by atoms with E-state index in [1.807, 2.05) is 29.2 Å². The van der Waals surface area contributed by atoms with Gasteiger partial charge in [0.15, 0.2) is 11.3 Å². The van der Waals surface area contributed by atoms with Crippen molar-refractivity contribution in [2.75, 3.05) is 19.6 Å². The molecule has 2 aliphatic heterocycles. The number of hydrogen-bond acceptors (Lipinski definition) is 6. The second-order valence-corrected chi connectivity index (χ2v) is 12.0. The highest BCUT2D eigenvalue weighted by Crippen LogP contribution is 2.31. The van der Waals surface area contributed by atoms with Crippen molar-refractivity contribution in [1.29, 1.82) is 0 Å². The Balaban J connectivity index is 1.02. The summed E-state index contributed by atoms with van der Waals surface area (Å²) in [5.74, 6) is 0.661. The van der Waals surface area contributed by atoms with Gasteiger partial charge >= 0.3 is 6.03 Å². The van der Waals surface area contributed by atoms with E-state index in [9.17, 15) is 4.79 Å². The van der Waals surface area contributed by atoms with Crippen LogP contribution in [0.5, 0.6) is 0 Å². The molecule has 0 aromatic carbocycles. The number of nitrogens with zero attached hydrogens (tertiary/aromatic N) is 4. The number of H-pyrrole nitrogens is 1. The van der Waals surface area contributed by atoms with Gasteiger partial charge in [-0.15, -0.1) is 11.3 Å². The lowest BCUT2D eigenvalue weighted by Gasteiger charge is -2.35. The summed E-state index contributed by atoms with van der Waals surface area (Å²) < 4.78 is 5.81. The zero-order valence-corrected chi connectivity index (χ0v) is 23.1. The molecule has 1 unspecified atom stereocenters. The van der Waals surface area contributed by atoms with Crippen LogP contribution in [0.15, 0.2) is 21.9 Å². The van der Waals surface area contributed by atoms with E-state index in [0.717, 1.165) is 85.0 Å². The van der Waals surface area contributed by atoms with E-state index in [1.54, 1.807) is 0 Å². The van der Waals surface area contributed by atoms with Crippen molar-refractivity contribution >= 4 is 41.2 Å². The highest BCUT2D eigenvalue weighted by Gasteiger charge is 2.29. The molecule has 2 N–H and O–H groups in total. The van der Waals surface area contributed by atoms with Crippen LogP contribution in [0.3, 0.4) is 0 Å². The van der Waals surface area contributed by atoms with Gasteiger partial charge in [-0.2, -0.15) is 5.10 Å². The Morgan fingerprint density at radius 3 is 3.18 bits per heavy atom. The molecule has 2 amide bonds. The number of carbonyl (C=O) groups excluding carboxylic acids is 1. The Kier molecular flexibility index (Phi) is 6.48. The van der Waals surface area contributed by atoms with E-state index in [0.29, 0.717) is 19.0 Å². The average Bonchev–Trinajstić information content (AvgIpc) is 3.61. The quantitative estimate of drug-likeness (QED) is 0.527. The van der Waals surface area contributed by atoms with E-state index >= 15 is 0 Å². The highest BCUT2D eigenvalue weighted by molar-refractivity contribution is 7.10. The monoisotopic (exact) mass is 542 g/mol. The molecule has 39 heavy (non-hydrogen) atoms. The number of aromatic amines is 1. The molecule has 1 saturated heterocycles. The fourth-order valence-electron chi connectivity index (χ4n) is 6.28. The maximum atomic E-state index is 13.4. The first-order valence-electron chi connectivity index (χ1n) is 14.1. The predicted molar refractivity (Wildman–Crippen MR) is 153 cm³/mol. The number of piperidine rings is 1. The van der Waals surface area contributed by atoms with Gasteiger partial charge in [0.1, 0.15) is 5.35 Å². The number of thiophene rings is 1. The van der Waals surface area contributed by atoms with Gasteiger partial charge in [0.25, 0.3) is 0 Å². The standard InChI is InChI=1S/C30H34N6O2S/c1-19-31-26-9-4-6-20(14-27(26)38-19)29-24-17-36(13-11-25(24)33-34-29)30(37)32-22-7-5-12-35(16-22)15-21-18-39-28-10-3-2-8-23(21)28/h2,6,8-9,14,18,22H,3-5,7,10-13,15-17H2,1H3,(H,32,37)(H,33,34). The Bertz CT molecular complexity index is 1590. The van der Waals surface area contributed by atoms with Crippen LogP contribution in [0.2, 0.25) is 0 Å². The van der Waals surface area contributed by atoms with Gasteiger partial charge in [0.05, 0.1) is 12.2 Å². The SMILES string of the molecule is Cc1nc2c(o1)=CC(c1n[nH]c3c1CN(C(=O)NC1CCCN(Cc4csc5c4C=CCC5)C1)CC3)=CCC=2. The van der Waals surface area contributed by atoms with E-state index in [4.69, 9.17) is 4.42 Å². The van der Waals surface area contributed by atoms with Crippen LogP contribution in [0, 0.1) is 6.92 Å². The Morgan fingerprint density at radius 2 is 2.23 bits per heavy atom. The summed E-state index contributed by atoms with van der Waals surface area (Å²) in [6.45, 7) is 6.05. The maximum absolute atomic E-state index is 13.4. The molecular weight excluding hydrogens is 508 g/mol. The number of oxazole rings is 1. The third-order valence-electron chi connectivity index (χ3n) is 8.26. The molecule has 4 aliphatic rings. The molecule has 0 spiro atoms. The normalized spacial score (nSPS) is 20.7. The van der Waals surface area contributed by atoms with Crippen molar-refractivity contribution in [2.24, 2.45) is 0 Å². The topological polar surface area (TPSA) is 90.3 Å². The molecule has 9 heteroatoms. The van der Waals surface area contributed by atoms with Gasteiger partial charge in [-0.3, -0.25) is 10.00 Å². The summed E-state index contributed by atoms with van der Waals surface area (Å²) in [5.41, 5.74) is 7.75. The number of aryl methyl sites for hydroxylation is 2. The van der Waals surface area contributed by atoms with Crippen LogP contribution in [0.25, 0.3) is 23.8 Å². The van der Waals surface area contributed by atoms with Crippen molar-refractivity contribution in [3.63, 3.8) is 0 Å². The number of carbonyl (C=O) groups is 1. The van der Waals surface area contributed by atoms with Gasteiger partial charge in [-0.25, -0.2) is 9.78 Å². The summed E-state index contributed by atoms with van der Waals surface area (Å²) in [5, 5.41) is 14.5. The molecule has 3 aromatic heterocycles. The average molecular weight is 543 g/mol. The lowest BCUT2D eigenvalue weighted by Crippen LogP contribution is -2.52. The lowest BCUT2D eigenvalue weighted by atomic mass is 10.00. The largest absolute Gasteiger partial charge is 0.441 e. The van der Waals surface area contributed by atoms with E-state index < -0.39 is 0 Å². The summed E-state index contributed by atoms with van der Waals surface area (Å²) in [6, 6.07) is 0.193. The van der Waals surface area contributed by atoms with E-state index in [-0.39, 0.29) is 12.1 Å². The Morgan fingerprint density at radius 1 is 1.28 bits per heavy atom. The predicted octanol–water partition coefficient (Wildman–Crippen LogP) is 3.51. The minimum atomic E-state index is 0.0239. The summed E-state index contributed by atoms with van der Waals surface area (Å²) in [4.78, 5) is 23.9. The number of amides is 2. The smallest absolute Gasteiger partial charge is 0.317 e. The Hall–Kier alpha value is -3.43. The second-order valence-electron chi connectivity index (χ2n) is 11.0. The fraction of sp³-hybridized carbons (Fsp3) is 0.433. The number of nitrogens with one attached hydrogen (secondary N) is 2. The molecule has 7 rings (SSSR count).